The van der Waals surface area contributed by atoms with E-state index in [1.165, 1.54) is 17.0 Å². The number of carbonyl (C=O) groups excluding carboxylic acids is 3. The Morgan fingerprint density at radius 2 is 1.53 bits per heavy atom. The second kappa shape index (κ2) is 7.52. The summed E-state index contributed by atoms with van der Waals surface area (Å²) < 4.78 is 13.1. The summed E-state index contributed by atoms with van der Waals surface area (Å²) in [5, 5.41) is 0. The molecule has 2 aliphatic carbocycles. The summed E-state index contributed by atoms with van der Waals surface area (Å²) in [5.41, 5.74) is 0.962. The van der Waals surface area contributed by atoms with Crippen molar-refractivity contribution >= 4 is 23.4 Å². The van der Waals surface area contributed by atoms with E-state index >= 15 is 0 Å². The van der Waals surface area contributed by atoms with Crippen molar-refractivity contribution in [3.63, 3.8) is 0 Å². The van der Waals surface area contributed by atoms with Crippen molar-refractivity contribution in [2.45, 2.75) is 19.3 Å². The fourth-order valence-corrected chi connectivity index (χ4v) is 5.60. The minimum atomic E-state index is -0.255. The van der Waals surface area contributed by atoms with Gasteiger partial charge in [-0.3, -0.25) is 19.3 Å². The molecule has 0 aromatic heterocycles. The molecule has 0 spiro atoms. The van der Waals surface area contributed by atoms with Crippen LogP contribution < -0.4 is 4.90 Å². The van der Waals surface area contributed by atoms with E-state index < -0.39 is 0 Å². The third kappa shape index (κ3) is 3.20. The van der Waals surface area contributed by atoms with Crippen LogP contribution in [0.15, 0.2) is 36.4 Å². The molecule has 2 aliphatic heterocycles. The van der Waals surface area contributed by atoms with E-state index in [1.807, 2.05) is 4.90 Å². The molecule has 4 atom stereocenters. The Bertz CT molecular complexity index is 861. The standard InChI is InChI=1S/C23H26FN3O3/c24-17-5-7-18(8-6-17)25-10-12-26(13-11-25)19(28)2-1-9-27-22(29)20-15-3-4-16(14-15)21(20)23(27)30/h3-8,15-16,20-21H,1-2,9-14H2/t15-,16-,20+,21+/m0/s1. The second-order valence-electron chi connectivity index (χ2n) is 8.78. The fourth-order valence-electron chi connectivity index (χ4n) is 5.60. The molecule has 5 rings (SSSR count). The number of imide groups is 1. The maximum atomic E-state index is 13.1. The predicted octanol–water partition coefficient (Wildman–Crippen LogP) is 2.06. The zero-order valence-electron chi connectivity index (χ0n) is 16.9. The molecule has 0 unspecified atom stereocenters. The van der Waals surface area contributed by atoms with Gasteiger partial charge in [0.25, 0.3) is 0 Å². The van der Waals surface area contributed by atoms with Crippen LogP contribution in [0.3, 0.4) is 0 Å². The molecule has 2 saturated heterocycles. The Morgan fingerprint density at radius 3 is 2.13 bits per heavy atom. The van der Waals surface area contributed by atoms with Crippen molar-refractivity contribution < 1.29 is 18.8 Å². The van der Waals surface area contributed by atoms with Gasteiger partial charge in [-0.15, -0.1) is 0 Å². The summed E-state index contributed by atoms with van der Waals surface area (Å²) in [5.74, 6) is -0.152. The largest absolute Gasteiger partial charge is 0.368 e. The molecule has 1 aromatic carbocycles. The Hall–Kier alpha value is -2.70. The molecule has 4 aliphatic rings. The summed E-state index contributed by atoms with van der Waals surface area (Å²) in [4.78, 5) is 43.4. The van der Waals surface area contributed by atoms with Gasteiger partial charge in [-0.1, -0.05) is 12.2 Å². The van der Waals surface area contributed by atoms with E-state index in [0.717, 1.165) is 12.1 Å². The van der Waals surface area contributed by atoms with E-state index in [0.29, 0.717) is 45.6 Å². The summed E-state index contributed by atoms with van der Waals surface area (Å²) in [7, 11) is 0. The van der Waals surface area contributed by atoms with Crippen molar-refractivity contribution in [2.75, 3.05) is 37.6 Å². The summed E-state index contributed by atoms with van der Waals surface area (Å²) in [6.45, 7) is 3.00. The van der Waals surface area contributed by atoms with Crippen molar-refractivity contribution in [3.8, 4) is 0 Å². The number of likely N-dealkylation sites (tertiary alicyclic amines) is 1. The number of nitrogens with zero attached hydrogens (tertiary/aromatic N) is 3. The SMILES string of the molecule is O=C(CCCN1C(=O)[C@H]2[C@H](C1=O)[C@H]1C=C[C@H]2C1)N1CCN(c2ccc(F)cc2)CC1. The lowest BCUT2D eigenvalue weighted by Gasteiger charge is -2.36. The summed E-state index contributed by atoms with van der Waals surface area (Å²) in [6, 6.07) is 6.41. The quantitative estimate of drug-likeness (QED) is 0.550. The highest BCUT2D eigenvalue weighted by Crippen LogP contribution is 2.52. The molecule has 3 fully saturated rings. The molecule has 0 N–H and O–H groups in total. The smallest absolute Gasteiger partial charge is 0.233 e. The fraction of sp³-hybridized carbons (Fsp3) is 0.522. The molecule has 1 saturated carbocycles. The molecule has 1 aromatic rings. The van der Waals surface area contributed by atoms with Crippen LogP contribution in [0.2, 0.25) is 0 Å². The minimum absolute atomic E-state index is 0.0396. The monoisotopic (exact) mass is 411 g/mol. The van der Waals surface area contributed by atoms with E-state index in [1.54, 1.807) is 12.1 Å². The van der Waals surface area contributed by atoms with Crippen molar-refractivity contribution in [2.24, 2.45) is 23.7 Å². The number of amides is 3. The lowest BCUT2D eigenvalue weighted by Crippen LogP contribution is -2.48. The number of piperazine rings is 1. The van der Waals surface area contributed by atoms with Gasteiger partial charge in [0.15, 0.2) is 0 Å². The molecular formula is C23H26FN3O3. The van der Waals surface area contributed by atoms with Gasteiger partial charge in [0.1, 0.15) is 5.82 Å². The minimum Gasteiger partial charge on any atom is -0.368 e. The van der Waals surface area contributed by atoms with E-state index in [-0.39, 0.29) is 47.2 Å². The maximum Gasteiger partial charge on any atom is 0.233 e. The number of hydrogen-bond donors (Lipinski definition) is 0. The average Bonchev–Trinajstić information content (AvgIpc) is 3.44. The van der Waals surface area contributed by atoms with Gasteiger partial charge >= 0.3 is 0 Å². The number of anilines is 1. The van der Waals surface area contributed by atoms with Crippen molar-refractivity contribution in [1.29, 1.82) is 0 Å². The van der Waals surface area contributed by atoms with Gasteiger partial charge in [-0.25, -0.2) is 4.39 Å². The van der Waals surface area contributed by atoms with Crippen LogP contribution in [0.4, 0.5) is 10.1 Å². The van der Waals surface area contributed by atoms with Crippen LogP contribution in [0.5, 0.6) is 0 Å². The maximum absolute atomic E-state index is 13.1. The molecule has 0 radical (unpaired) electrons. The summed E-state index contributed by atoms with van der Waals surface area (Å²) >= 11 is 0. The Morgan fingerprint density at radius 1 is 0.933 bits per heavy atom. The van der Waals surface area contributed by atoms with Gasteiger partial charge in [0, 0.05) is 44.8 Å². The van der Waals surface area contributed by atoms with Crippen LogP contribution >= 0.6 is 0 Å². The van der Waals surface area contributed by atoms with Crippen LogP contribution in [-0.4, -0.2) is 60.2 Å². The number of benzene rings is 1. The predicted molar refractivity (Wildman–Crippen MR) is 109 cm³/mol. The second-order valence-corrected chi connectivity index (χ2v) is 8.78. The highest BCUT2D eigenvalue weighted by molar-refractivity contribution is 6.06. The third-order valence-corrected chi connectivity index (χ3v) is 7.16. The molecule has 2 heterocycles. The lowest BCUT2D eigenvalue weighted by molar-refractivity contribution is -0.141. The Labute approximate surface area is 175 Å². The molecular weight excluding hydrogens is 385 g/mol. The van der Waals surface area contributed by atoms with Crippen LogP contribution in [0, 0.1) is 29.5 Å². The molecule has 6 nitrogen and oxygen atoms in total. The van der Waals surface area contributed by atoms with E-state index in [2.05, 4.69) is 17.1 Å². The van der Waals surface area contributed by atoms with Gasteiger partial charge in [0.05, 0.1) is 11.8 Å². The first-order valence-electron chi connectivity index (χ1n) is 10.8. The Balaban J connectivity index is 1.09. The molecule has 7 heteroatoms. The lowest BCUT2D eigenvalue weighted by atomic mass is 9.85. The first-order chi connectivity index (χ1) is 14.5. The number of halogens is 1. The van der Waals surface area contributed by atoms with Gasteiger partial charge in [-0.05, 0) is 48.9 Å². The number of fused-ring (bicyclic) bond motifs is 5. The molecule has 158 valence electrons. The number of allylic oxidation sites excluding steroid dienone is 2. The van der Waals surface area contributed by atoms with E-state index in [4.69, 9.17) is 0 Å². The number of hydrogen-bond acceptors (Lipinski definition) is 4. The first-order valence-corrected chi connectivity index (χ1v) is 10.8. The van der Waals surface area contributed by atoms with Crippen molar-refractivity contribution in [3.05, 3.63) is 42.2 Å². The molecule has 2 bridgehead atoms. The zero-order valence-corrected chi connectivity index (χ0v) is 16.9. The molecule has 30 heavy (non-hydrogen) atoms. The van der Waals surface area contributed by atoms with Gasteiger partial charge in [0.2, 0.25) is 17.7 Å². The zero-order chi connectivity index (χ0) is 20.8. The van der Waals surface area contributed by atoms with Crippen LogP contribution in [0.1, 0.15) is 19.3 Å². The number of rotatable bonds is 5. The highest BCUT2D eigenvalue weighted by Gasteiger charge is 2.58. The van der Waals surface area contributed by atoms with E-state index in [9.17, 15) is 18.8 Å². The van der Waals surface area contributed by atoms with Gasteiger partial charge < -0.3 is 9.80 Å². The Kier molecular flexibility index (Phi) is 4.83. The third-order valence-electron chi connectivity index (χ3n) is 7.16. The van der Waals surface area contributed by atoms with Crippen LogP contribution in [0.25, 0.3) is 0 Å². The average molecular weight is 411 g/mol. The topological polar surface area (TPSA) is 60.9 Å². The highest BCUT2D eigenvalue weighted by atomic mass is 19.1. The normalized spacial score (nSPS) is 29.8. The molecule has 3 amide bonds. The summed E-state index contributed by atoms with van der Waals surface area (Å²) in [6.07, 6.45) is 5.97. The number of carbonyl (C=O) groups is 3. The van der Waals surface area contributed by atoms with Gasteiger partial charge in [-0.2, -0.15) is 0 Å². The van der Waals surface area contributed by atoms with Crippen molar-refractivity contribution in [1.82, 2.24) is 9.80 Å². The first kappa shape index (κ1) is 19.3. The van der Waals surface area contributed by atoms with Crippen LogP contribution in [-0.2, 0) is 14.4 Å².